The Labute approximate surface area is 137 Å². The first kappa shape index (κ1) is 17.5. The third-order valence-corrected chi connectivity index (χ3v) is 3.70. The predicted molar refractivity (Wildman–Crippen MR) is 86.8 cm³/mol. The zero-order valence-corrected chi connectivity index (χ0v) is 14.4. The topological polar surface area (TPSA) is 55.8 Å². The van der Waals surface area contributed by atoms with Crippen LogP contribution in [0.5, 0.6) is 0 Å². The van der Waals surface area contributed by atoms with Crippen LogP contribution in [0.15, 0.2) is 30.3 Å². The van der Waals surface area contributed by atoms with Gasteiger partial charge in [-0.2, -0.15) is 0 Å². The molecule has 0 radical (unpaired) electrons. The molecule has 5 heteroatoms. The van der Waals surface area contributed by atoms with Crippen molar-refractivity contribution in [1.29, 1.82) is 0 Å². The van der Waals surface area contributed by atoms with Gasteiger partial charge in [0, 0.05) is 0 Å². The van der Waals surface area contributed by atoms with Crippen LogP contribution in [-0.4, -0.2) is 35.7 Å². The maximum Gasteiger partial charge on any atom is 0.412 e. The van der Waals surface area contributed by atoms with E-state index in [1.54, 1.807) is 13.8 Å². The molecule has 0 aromatic heterocycles. The van der Waals surface area contributed by atoms with Gasteiger partial charge in [-0.3, -0.25) is 4.90 Å². The van der Waals surface area contributed by atoms with Gasteiger partial charge in [0.1, 0.15) is 24.2 Å². The van der Waals surface area contributed by atoms with Crippen LogP contribution in [0.25, 0.3) is 0 Å². The first-order valence-corrected chi connectivity index (χ1v) is 7.80. The quantitative estimate of drug-likeness (QED) is 0.800. The van der Waals surface area contributed by atoms with E-state index in [0.29, 0.717) is 0 Å². The lowest BCUT2D eigenvalue weighted by atomic mass is 9.99. The fourth-order valence-corrected chi connectivity index (χ4v) is 2.66. The van der Waals surface area contributed by atoms with E-state index in [1.807, 2.05) is 51.1 Å². The van der Waals surface area contributed by atoms with Crippen LogP contribution in [0.4, 0.5) is 4.79 Å². The molecule has 1 amide bonds. The lowest BCUT2D eigenvalue weighted by molar-refractivity contribution is -0.112. The van der Waals surface area contributed by atoms with Crippen molar-refractivity contribution in [2.75, 3.05) is 6.61 Å². The van der Waals surface area contributed by atoms with Crippen molar-refractivity contribution in [2.45, 2.75) is 52.5 Å². The molecule has 0 saturated carbocycles. The molecule has 5 nitrogen and oxygen atoms in total. The maximum absolute atomic E-state index is 12.5. The number of carbonyl (C=O) groups excluding carboxylic acids is 2. The SMILES string of the molecule is CC(C)(C)COC(=O)N1[C@H](C=O)[C@@H](c2ccccc2)OC1(C)C. The highest BCUT2D eigenvalue weighted by atomic mass is 16.6. The standard InChI is InChI=1S/C18H25NO4/c1-17(2,3)12-22-16(21)19-14(11-20)15(23-18(19,4)5)13-9-7-6-8-10-13/h6-11,14-15H,12H2,1-5H3/t14-,15-/m1/s1. The minimum absolute atomic E-state index is 0.143. The summed E-state index contributed by atoms with van der Waals surface area (Å²) in [5, 5.41) is 0. The van der Waals surface area contributed by atoms with Crippen LogP contribution in [0.1, 0.15) is 46.3 Å². The number of nitrogens with zero attached hydrogens (tertiary/aromatic N) is 1. The van der Waals surface area contributed by atoms with E-state index < -0.39 is 24.0 Å². The van der Waals surface area contributed by atoms with Gasteiger partial charge in [-0.15, -0.1) is 0 Å². The first-order chi connectivity index (χ1) is 10.7. The highest BCUT2D eigenvalue weighted by molar-refractivity contribution is 5.75. The second kappa shape index (κ2) is 6.32. The summed E-state index contributed by atoms with van der Waals surface area (Å²) < 4.78 is 11.4. The molecule has 0 N–H and O–H groups in total. The summed E-state index contributed by atoms with van der Waals surface area (Å²) in [5.74, 6) is 0. The van der Waals surface area contributed by atoms with Crippen LogP contribution in [0.2, 0.25) is 0 Å². The summed E-state index contributed by atoms with van der Waals surface area (Å²) in [6.45, 7) is 9.76. The van der Waals surface area contributed by atoms with Crippen LogP contribution in [0.3, 0.4) is 0 Å². The minimum atomic E-state index is -0.916. The summed E-state index contributed by atoms with van der Waals surface area (Å²) in [4.78, 5) is 25.6. The van der Waals surface area contributed by atoms with Crippen LogP contribution in [-0.2, 0) is 14.3 Å². The molecule has 1 saturated heterocycles. The summed E-state index contributed by atoms with van der Waals surface area (Å²) in [5.41, 5.74) is -0.194. The number of ether oxygens (including phenoxy) is 2. The summed E-state index contributed by atoms with van der Waals surface area (Å²) >= 11 is 0. The molecule has 0 unspecified atom stereocenters. The van der Waals surface area contributed by atoms with E-state index in [1.165, 1.54) is 4.90 Å². The number of carbonyl (C=O) groups is 2. The maximum atomic E-state index is 12.5. The number of aldehydes is 1. The average molecular weight is 319 g/mol. The van der Waals surface area contributed by atoms with Crippen molar-refractivity contribution in [2.24, 2.45) is 5.41 Å². The third-order valence-electron chi connectivity index (χ3n) is 3.70. The van der Waals surface area contributed by atoms with Crippen molar-refractivity contribution in [3.8, 4) is 0 Å². The van der Waals surface area contributed by atoms with E-state index in [9.17, 15) is 9.59 Å². The zero-order chi connectivity index (χ0) is 17.3. The second-order valence-corrected chi connectivity index (χ2v) is 7.51. The van der Waals surface area contributed by atoms with E-state index in [0.717, 1.165) is 11.8 Å². The van der Waals surface area contributed by atoms with Gasteiger partial charge in [0.25, 0.3) is 0 Å². The number of hydrogen-bond acceptors (Lipinski definition) is 4. The Hall–Kier alpha value is -1.88. The molecule has 0 aliphatic carbocycles. The molecule has 23 heavy (non-hydrogen) atoms. The molecule has 2 atom stereocenters. The summed E-state index contributed by atoms with van der Waals surface area (Å²) in [6, 6.07) is 8.74. The van der Waals surface area contributed by atoms with Crippen molar-refractivity contribution in [1.82, 2.24) is 4.90 Å². The predicted octanol–water partition coefficient (Wildman–Crippen LogP) is 3.55. The number of benzene rings is 1. The number of amides is 1. The van der Waals surface area contributed by atoms with Crippen molar-refractivity contribution < 1.29 is 19.1 Å². The van der Waals surface area contributed by atoms with Crippen LogP contribution < -0.4 is 0 Å². The molecular formula is C18H25NO4. The molecule has 2 rings (SSSR count). The van der Waals surface area contributed by atoms with Crippen molar-refractivity contribution in [3.05, 3.63) is 35.9 Å². The van der Waals surface area contributed by atoms with Gasteiger partial charge in [-0.25, -0.2) is 4.79 Å². The monoisotopic (exact) mass is 319 g/mol. The second-order valence-electron chi connectivity index (χ2n) is 7.51. The lowest BCUT2D eigenvalue weighted by Gasteiger charge is -2.31. The molecular weight excluding hydrogens is 294 g/mol. The Morgan fingerprint density at radius 2 is 1.91 bits per heavy atom. The van der Waals surface area contributed by atoms with Gasteiger partial charge in [0.05, 0.1) is 6.61 Å². The van der Waals surface area contributed by atoms with E-state index in [2.05, 4.69) is 0 Å². The highest BCUT2D eigenvalue weighted by Crippen LogP contribution is 2.40. The Balaban J connectivity index is 2.24. The molecule has 0 spiro atoms. The van der Waals surface area contributed by atoms with Gasteiger partial charge in [0.2, 0.25) is 0 Å². The Kier molecular flexibility index (Phi) is 4.80. The summed E-state index contributed by atoms with van der Waals surface area (Å²) in [7, 11) is 0. The number of rotatable bonds is 3. The van der Waals surface area contributed by atoms with E-state index in [-0.39, 0.29) is 12.0 Å². The Morgan fingerprint density at radius 3 is 2.43 bits per heavy atom. The average Bonchev–Trinajstić information content (AvgIpc) is 2.76. The summed E-state index contributed by atoms with van der Waals surface area (Å²) in [6.07, 6.45) is -0.267. The fraction of sp³-hybridized carbons (Fsp3) is 0.556. The van der Waals surface area contributed by atoms with E-state index >= 15 is 0 Å². The fourth-order valence-electron chi connectivity index (χ4n) is 2.66. The van der Waals surface area contributed by atoms with Gasteiger partial charge < -0.3 is 14.3 Å². The van der Waals surface area contributed by atoms with Gasteiger partial charge in [-0.1, -0.05) is 51.1 Å². The van der Waals surface area contributed by atoms with Crippen molar-refractivity contribution >= 4 is 12.4 Å². The molecule has 0 bridgehead atoms. The third kappa shape index (κ3) is 3.91. The molecule has 1 heterocycles. The smallest absolute Gasteiger partial charge is 0.412 e. The Bertz CT molecular complexity index is 562. The Morgan fingerprint density at radius 1 is 1.30 bits per heavy atom. The normalized spacial score (nSPS) is 23.6. The molecule has 1 aliphatic heterocycles. The zero-order valence-electron chi connectivity index (χ0n) is 14.4. The molecule has 126 valence electrons. The number of hydrogen-bond donors (Lipinski definition) is 0. The minimum Gasteiger partial charge on any atom is -0.449 e. The molecule has 1 aromatic carbocycles. The van der Waals surface area contributed by atoms with Crippen molar-refractivity contribution in [3.63, 3.8) is 0 Å². The van der Waals surface area contributed by atoms with Gasteiger partial charge >= 0.3 is 6.09 Å². The first-order valence-electron chi connectivity index (χ1n) is 7.80. The largest absolute Gasteiger partial charge is 0.449 e. The molecule has 1 aromatic rings. The highest BCUT2D eigenvalue weighted by Gasteiger charge is 2.51. The molecule has 1 aliphatic rings. The van der Waals surface area contributed by atoms with Crippen LogP contribution in [0, 0.1) is 5.41 Å². The van der Waals surface area contributed by atoms with Gasteiger partial charge in [-0.05, 0) is 24.8 Å². The lowest BCUT2D eigenvalue weighted by Crippen LogP contribution is -2.49. The molecule has 1 fully saturated rings. The van der Waals surface area contributed by atoms with E-state index in [4.69, 9.17) is 9.47 Å². The van der Waals surface area contributed by atoms with Gasteiger partial charge in [0.15, 0.2) is 0 Å². The van der Waals surface area contributed by atoms with Crippen LogP contribution >= 0.6 is 0 Å².